The van der Waals surface area contributed by atoms with Crippen molar-refractivity contribution in [3.05, 3.63) is 30.2 Å². The number of rotatable bonds is 6. The third kappa shape index (κ3) is 3.91. The Hall–Kier alpha value is -2.37. The number of methoxy groups -OCH3 is 1. The number of aryl methyl sites for hydroxylation is 1. The summed E-state index contributed by atoms with van der Waals surface area (Å²) in [5, 5.41) is 4.06. The van der Waals surface area contributed by atoms with Gasteiger partial charge in [-0.1, -0.05) is 18.0 Å². The van der Waals surface area contributed by atoms with Crippen LogP contribution in [0.4, 0.5) is 0 Å². The van der Waals surface area contributed by atoms with Crippen LogP contribution < -0.4 is 4.74 Å². The number of carbonyl (C=O) groups excluding carboxylic acids is 1. The van der Waals surface area contributed by atoms with Crippen molar-refractivity contribution in [1.82, 2.24) is 15.0 Å². The molecular formula is C22H29N3O3. The van der Waals surface area contributed by atoms with Crippen LogP contribution in [0.25, 0.3) is 11.4 Å². The van der Waals surface area contributed by atoms with Crippen molar-refractivity contribution >= 4 is 5.91 Å². The van der Waals surface area contributed by atoms with Gasteiger partial charge in [-0.05, 0) is 62.8 Å². The summed E-state index contributed by atoms with van der Waals surface area (Å²) in [7, 11) is 1.64. The number of nitrogens with zero attached hydrogens (tertiary/aromatic N) is 3. The molecule has 6 heteroatoms. The van der Waals surface area contributed by atoms with Crippen LogP contribution >= 0.6 is 0 Å². The Morgan fingerprint density at radius 1 is 1.25 bits per heavy atom. The van der Waals surface area contributed by atoms with Crippen LogP contribution in [0.15, 0.2) is 28.8 Å². The van der Waals surface area contributed by atoms with Gasteiger partial charge < -0.3 is 14.2 Å². The van der Waals surface area contributed by atoms with Gasteiger partial charge in [-0.2, -0.15) is 4.98 Å². The fraction of sp³-hybridized carbons (Fsp3) is 0.591. The van der Waals surface area contributed by atoms with Gasteiger partial charge in [0.15, 0.2) is 0 Å². The third-order valence-electron chi connectivity index (χ3n) is 6.23. The molecule has 0 bridgehead atoms. The Bertz CT molecular complexity index is 802. The van der Waals surface area contributed by atoms with Crippen molar-refractivity contribution in [1.29, 1.82) is 0 Å². The van der Waals surface area contributed by atoms with Crippen LogP contribution in [-0.2, 0) is 11.2 Å². The Labute approximate surface area is 166 Å². The average Bonchev–Trinajstić information content (AvgIpc) is 3.31. The molecule has 6 nitrogen and oxygen atoms in total. The predicted octanol–water partition coefficient (Wildman–Crippen LogP) is 4.25. The van der Waals surface area contributed by atoms with Gasteiger partial charge in [0.25, 0.3) is 0 Å². The molecular weight excluding hydrogens is 354 g/mol. The summed E-state index contributed by atoms with van der Waals surface area (Å²) in [6.07, 6.45) is 8.13. The van der Waals surface area contributed by atoms with E-state index in [0.29, 0.717) is 36.6 Å². The predicted molar refractivity (Wildman–Crippen MR) is 106 cm³/mol. The maximum atomic E-state index is 12.8. The van der Waals surface area contributed by atoms with E-state index in [1.807, 2.05) is 24.3 Å². The zero-order valence-electron chi connectivity index (χ0n) is 16.8. The highest BCUT2D eigenvalue weighted by molar-refractivity contribution is 5.77. The number of carbonyl (C=O) groups is 1. The van der Waals surface area contributed by atoms with Crippen LogP contribution in [0.1, 0.15) is 57.8 Å². The number of ether oxygens (including phenoxy) is 1. The second-order valence-corrected chi connectivity index (χ2v) is 8.09. The minimum Gasteiger partial charge on any atom is -0.497 e. The first kappa shape index (κ1) is 19.0. The zero-order valence-corrected chi connectivity index (χ0v) is 16.8. The largest absolute Gasteiger partial charge is 0.497 e. The van der Waals surface area contributed by atoms with E-state index in [9.17, 15) is 4.79 Å². The quantitative estimate of drug-likeness (QED) is 0.746. The maximum Gasteiger partial charge on any atom is 0.226 e. The molecule has 2 heterocycles. The monoisotopic (exact) mass is 383 g/mol. The van der Waals surface area contributed by atoms with Gasteiger partial charge >= 0.3 is 0 Å². The van der Waals surface area contributed by atoms with E-state index in [0.717, 1.165) is 23.7 Å². The lowest BCUT2D eigenvalue weighted by molar-refractivity contribution is -0.134. The molecule has 3 unspecified atom stereocenters. The van der Waals surface area contributed by atoms with Crippen molar-refractivity contribution in [2.24, 2.45) is 5.92 Å². The van der Waals surface area contributed by atoms with Gasteiger partial charge in [0, 0.05) is 30.5 Å². The number of amides is 1. The number of benzene rings is 1. The van der Waals surface area contributed by atoms with E-state index in [-0.39, 0.29) is 5.91 Å². The minimum absolute atomic E-state index is 0.289. The van der Waals surface area contributed by atoms with E-state index < -0.39 is 0 Å². The highest BCUT2D eigenvalue weighted by Gasteiger charge is 2.41. The van der Waals surface area contributed by atoms with E-state index in [1.165, 1.54) is 32.1 Å². The van der Waals surface area contributed by atoms with E-state index in [1.54, 1.807) is 7.11 Å². The Kier molecular flexibility index (Phi) is 5.64. The molecule has 1 aliphatic carbocycles. The van der Waals surface area contributed by atoms with Crippen LogP contribution in [0.5, 0.6) is 5.75 Å². The lowest BCUT2D eigenvalue weighted by Gasteiger charge is -2.33. The number of aromatic nitrogens is 2. The van der Waals surface area contributed by atoms with Crippen molar-refractivity contribution < 1.29 is 14.1 Å². The van der Waals surface area contributed by atoms with E-state index >= 15 is 0 Å². The van der Waals surface area contributed by atoms with Crippen LogP contribution in [0.2, 0.25) is 0 Å². The summed E-state index contributed by atoms with van der Waals surface area (Å²) in [5.41, 5.74) is 0.890. The van der Waals surface area contributed by atoms with Gasteiger partial charge in [0.2, 0.25) is 17.6 Å². The standard InChI is InChI=1S/C22H29N3O3/c1-15-14-17-6-3-4-7-19(17)25(15)21(26)9-5-8-20-23-22(24-28-20)16-10-12-18(27-2)13-11-16/h10-13,15,17,19H,3-9,14H2,1-2H3. The second kappa shape index (κ2) is 8.33. The van der Waals surface area contributed by atoms with Crippen molar-refractivity contribution in [2.75, 3.05) is 7.11 Å². The molecule has 1 saturated carbocycles. The smallest absolute Gasteiger partial charge is 0.226 e. The zero-order chi connectivity index (χ0) is 19.5. The first-order valence-corrected chi connectivity index (χ1v) is 10.4. The number of hydrogen-bond acceptors (Lipinski definition) is 5. The van der Waals surface area contributed by atoms with E-state index in [4.69, 9.17) is 9.26 Å². The van der Waals surface area contributed by atoms with Gasteiger partial charge in [0.05, 0.1) is 7.11 Å². The number of fused-ring (bicyclic) bond motifs is 1. The maximum absolute atomic E-state index is 12.8. The molecule has 2 aromatic rings. The highest BCUT2D eigenvalue weighted by atomic mass is 16.5. The Morgan fingerprint density at radius 2 is 2.04 bits per heavy atom. The first-order chi connectivity index (χ1) is 13.7. The Morgan fingerprint density at radius 3 is 2.82 bits per heavy atom. The van der Waals surface area contributed by atoms with Crippen LogP contribution in [0, 0.1) is 5.92 Å². The summed E-state index contributed by atoms with van der Waals surface area (Å²) >= 11 is 0. The average molecular weight is 383 g/mol. The molecule has 28 heavy (non-hydrogen) atoms. The number of hydrogen-bond donors (Lipinski definition) is 0. The number of likely N-dealkylation sites (tertiary alicyclic amines) is 1. The normalized spacial score (nSPS) is 24.2. The molecule has 1 aromatic carbocycles. The molecule has 4 rings (SSSR count). The van der Waals surface area contributed by atoms with E-state index in [2.05, 4.69) is 22.0 Å². The van der Waals surface area contributed by atoms with Gasteiger partial charge in [-0.15, -0.1) is 0 Å². The van der Waals surface area contributed by atoms with Crippen molar-refractivity contribution in [3.8, 4) is 17.1 Å². The molecule has 150 valence electrons. The van der Waals surface area contributed by atoms with Gasteiger partial charge in [-0.25, -0.2) is 0 Å². The highest BCUT2D eigenvalue weighted by Crippen LogP contribution is 2.39. The minimum atomic E-state index is 0.289. The molecule has 1 aromatic heterocycles. The molecule has 1 amide bonds. The Balaban J connectivity index is 1.30. The lowest BCUT2D eigenvalue weighted by Crippen LogP contribution is -2.42. The summed E-state index contributed by atoms with van der Waals surface area (Å²) < 4.78 is 10.5. The lowest BCUT2D eigenvalue weighted by atomic mass is 9.85. The fourth-order valence-corrected chi connectivity index (χ4v) is 4.87. The van der Waals surface area contributed by atoms with Crippen molar-refractivity contribution in [3.63, 3.8) is 0 Å². The summed E-state index contributed by atoms with van der Waals surface area (Å²) in [6.45, 7) is 2.20. The van der Waals surface area contributed by atoms with Gasteiger partial charge in [0.1, 0.15) is 5.75 Å². The topological polar surface area (TPSA) is 68.5 Å². The first-order valence-electron chi connectivity index (χ1n) is 10.4. The van der Waals surface area contributed by atoms with Crippen molar-refractivity contribution in [2.45, 2.75) is 70.4 Å². The molecule has 0 radical (unpaired) electrons. The summed E-state index contributed by atoms with van der Waals surface area (Å²) in [6, 6.07) is 8.42. The molecule has 2 aliphatic rings. The molecule has 2 fully saturated rings. The second-order valence-electron chi connectivity index (χ2n) is 8.09. The fourth-order valence-electron chi connectivity index (χ4n) is 4.87. The molecule has 3 atom stereocenters. The molecule has 1 saturated heterocycles. The SMILES string of the molecule is COc1ccc(-c2noc(CCCC(=O)N3C(C)CC4CCCCC43)n2)cc1. The summed E-state index contributed by atoms with van der Waals surface area (Å²) in [4.78, 5) is 19.5. The molecule has 1 aliphatic heterocycles. The van der Waals surface area contributed by atoms with Gasteiger partial charge in [-0.3, -0.25) is 4.79 Å². The van der Waals surface area contributed by atoms with Crippen LogP contribution in [0.3, 0.4) is 0 Å². The molecule has 0 N–H and O–H groups in total. The third-order valence-corrected chi connectivity index (χ3v) is 6.23. The molecule has 0 spiro atoms. The van der Waals surface area contributed by atoms with Crippen LogP contribution in [-0.4, -0.2) is 40.1 Å². The summed E-state index contributed by atoms with van der Waals surface area (Å²) in [5.74, 6) is 2.96.